The van der Waals surface area contributed by atoms with Gasteiger partial charge in [-0.1, -0.05) is 58.6 Å². The molecule has 29 heavy (non-hydrogen) atoms. The van der Waals surface area contributed by atoms with Crippen LogP contribution in [0.3, 0.4) is 0 Å². The minimum absolute atomic E-state index is 0.530. The number of aryl methyl sites for hydroxylation is 1. The molecule has 0 aliphatic carbocycles. The first-order valence-corrected chi connectivity index (χ1v) is 10.1. The van der Waals surface area contributed by atoms with Crippen molar-refractivity contribution in [3.05, 3.63) is 87.5 Å². The van der Waals surface area contributed by atoms with E-state index in [0.717, 1.165) is 44.3 Å². The summed E-state index contributed by atoms with van der Waals surface area (Å²) >= 11 is 18.7. The minimum Gasteiger partial charge on any atom is -0.255 e. The summed E-state index contributed by atoms with van der Waals surface area (Å²) < 4.78 is 1.88. The maximum absolute atomic E-state index is 6.54. The SMILES string of the molecule is Cc1ccc2ncc3c(-c4ccc(Cl)cc4)nn(-c4ccc(Cl)cc4Cl)c3c2c1. The summed E-state index contributed by atoms with van der Waals surface area (Å²) in [6.45, 7) is 2.06. The van der Waals surface area contributed by atoms with Gasteiger partial charge in [0.15, 0.2) is 0 Å². The molecule has 0 unspecified atom stereocenters. The molecule has 0 atom stereocenters. The van der Waals surface area contributed by atoms with Gasteiger partial charge in [-0.2, -0.15) is 5.10 Å². The zero-order valence-corrected chi connectivity index (χ0v) is 17.6. The van der Waals surface area contributed by atoms with E-state index in [1.165, 1.54) is 0 Å². The highest BCUT2D eigenvalue weighted by molar-refractivity contribution is 6.36. The van der Waals surface area contributed by atoms with E-state index in [1.54, 1.807) is 6.07 Å². The molecule has 0 radical (unpaired) electrons. The van der Waals surface area contributed by atoms with E-state index in [2.05, 4.69) is 24.0 Å². The van der Waals surface area contributed by atoms with Crippen LogP contribution in [0, 0.1) is 6.92 Å². The van der Waals surface area contributed by atoms with Crippen molar-refractivity contribution >= 4 is 56.6 Å². The van der Waals surface area contributed by atoms with Crippen molar-refractivity contribution in [1.29, 1.82) is 0 Å². The van der Waals surface area contributed by atoms with Crippen LogP contribution < -0.4 is 0 Å². The van der Waals surface area contributed by atoms with Crippen molar-refractivity contribution in [1.82, 2.24) is 14.8 Å². The molecule has 0 saturated heterocycles. The highest BCUT2D eigenvalue weighted by Gasteiger charge is 2.18. The van der Waals surface area contributed by atoms with Crippen LogP contribution in [-0.4, -0.2) is 14.8 Å². The summed E-state index contributed by atoms with van der Waals surface area (Å²) in [4.78, 5) is 4.66. The number of hydrogen-bond acceptors (Lipinski definition) is 2. The van der Waals surface area contributed by atoms with Crippen molar-refractivity contribution in [2.75, 3.05) is 0 Å². The first-order valence-electron chi connectivity index (χ1n) is 9.01. The van der Waals surface area contributed by atoms with E-state index >= 15 is 0 Å². The zero-order chi connectivity index (χ0) is 20.1. The maximum Gasteiger partial charge on any atom is 0.102 e. The molecule has 0 bridgehead atoms. The highest BCUT2D eigenvalue weighted by Crippen LogP contribution is 2.36. The van der Waals surface area contributed by atoms with Crippen LogP contribution in [0.1, 0.15) is 5.56 Å². The number of fused-ring (bicyclic) bond motifs is 3. The molecule has 0 aliphatic rings. The van der Waals surface area contributed by atoms with Gasteiger partial charge in [0, 0.05) is 32.6 Å². The zero-order valence-electron chi connectivity index (χ0n) is 15.3. The number of benzene rings is 3. The fourth-order valence-corrected chi connectivity index (χ4v) is 4.16. The van der Waals surface area contributed by atoms with Crippen LogP contribution in [0.15, 0.2) is 66.9 Å². The van der Waals surface area contributed by atoms with Crippen LogP contribution in [0.4, 0.5) is 0 Å². The summed E-state index contributed by atoms with van der Waals surface area (Å²) in [5.41, 5.74) is 5.53. The van der Waals surface area contributed by atoms with Gasteiger partial charge in [0.05, 0.1) is 21.7 Å². The standard InChI is InChI=1S/C23H14Cl3N3/c1-13-2-8-20-17(10-13)23-18(12-27-20)22(14-3-5-15(24)6-4-14)28-29(23)21-9-7-16(25)11-19(21)26/h2-12H,1H3. The maximum atomic E-state index is 6.54. The fraction of sp³-hybridized carbons (Fsp3) is 0.0435. The summed E-state index contributed by atoms with van der Waals surface area (Å²) in [6.07, 6.45) is 1.87. The van der Waals surface area contributed by atoms with Gasteiger partial charge >= 0.3 is 0 Å². The Labute approximate surface area is 182 Å². The lowest BCUT2D eigenvalue weighted by Crippen LogP contribution is -1.98. The lowest BCUT2D eigenvalue weighted by molar-refractivity contribution is 0.918. The van der Waals surface area contributed by atoms with Gasteiger partial charge < -0.3 is 0 Å². The average molecular weight is 439 g/mol. The van der Waals surface area contributed by atoms with Crippen LogP contribution >= 0.6 is 34.8 Å². The number of pyridine rings is 1. The number of halogens is 3. The highest BCUT2D eigenvalue weighted by atomic mass is 35.5. The summed E-state index contributed by atoms with van der Waals surface area (Å²) in [6, 6.07) is 19.2. The Balaban J connectivity index is 1.92. The quantitative estimate of drug-likeness (QED) is 0.285. The van der Waals surface area contributed by atoms with Crippen molar-refractivity contribution in [2.24, 2.45) is 0 Å². The Morgan fingerprint density at radius 1 is 0.793 bits per heavy atom. The first kappa shape index (κ1) is 18.4. The monoisotopic (exact) mass is 437 g/mol. The smallest absolute Gasteiger partial charge is 0.102 e. The number of aromatic nitrogens is 3. The van der Waals surface area contributed by atoms with E-state index in [-0.39, 0.29) is 0 Å². The van der Waals surface area contributed by atoms with Crippen LogP contribution in [0.5, 0.6) is 0 Å². The molecule has 3 nitrogen and oxygen atoms in total. The third-order valence-corrected chi connectivity index (χ3v) is 5.71. The van der Waals surface area contributed by atoms with Crippen molar-refractivity contribution in [3.8, 4) is 16.9 Å². The van der Waals surface area contributed by atoms with Crippen LogP contribution in [-0.2, 0) is 0 Å². The van der Waals surface area contributed by atoms with Crippen LogP contribution in [0.2, 0.25) is 15.1 Å². The van der Waals surface area contributed by atoms with Gasteiger partial charge in [0.25, 0.3) is 0 Å². The second-order valence-electron chi connectivity index (χ2n) is 6.90. The largest absolute Gasteiger partial charge is 0.255 e. The molecule has 5 aromatic rings. The summed E-state index contributed by atoms with van der Waals surface area (Å²) in [7, 11) is 0. The second-order valence-corrected chi connectivity index (χ2v) is 8.18. The van der Waals surface area contributed by atoms with E-state index in [4.69, 9.17) is 39.9 Å². The Hall–Kier alpha value is -2.59. The lowest BCUT2D eigenvalue weighted by atomic mass is 10.1. The number of nitrogens with zero attached hydrogens (tertiary/aromatic N) is 3. The van der Waals surface area contributed by atoms with Crippen molar-refractivity contribution in [2.45, 2.75) is 6.92 Å². The Kier molecular flexibility index (Phi) is 4.47. The Morgan fingerprint density at radius 3 is 2.31 bits per heavy atom. The molecule has 6 heteroatoms. The molecule has 0 amide bonds. The normalized spacial score (nSPS) is 11.4. The molecule has 5 rings (SSSR count). The Morgan fingerprint density at radius 2 is 1.55 bits per heavy atom. The molecule has 142 valence electrons. The molecular formula is C23H14Cl3N3. The van der Waals surface area contributed by atoms with Crippen molar-refractivity contribution in [3.63, 3.8) is 0 Å². The molecule has 0 aliphatic heterocycles. The molecule has 0 saturated carbocycles. The van der Waals surface area contributed by atoms with Gasteiger partial charge in [-0.05, 0) is 49.4 Å². The molecule has 2 aromatic heterocycles. The predicted octanol–water partition coefficient (Wildman–Crippen LogP) is 7.51. The molecule has 3 aromatic carbocycles. The third-order valence-electron chi connectivity index (χ3n) is 4.92. The summed E-state index contributed by atoms with van der Waals surface area (Å²) in [5.74, 6) is 0. The summed E-state index contributed by atoms with van der Waals surface area (Å²) in [5, 5.41) is 8.68. The fourth-order valence-electron chi connectivity index (χ4n) is 3.55. The first-order chi connectivity index (χ1) is 14.0. The van der Waals surface area contributed by atoms with E-state index < -0.39 is 0 Å². The Bertz CT molecular complexity index is 1390. The second kappa shape index (κ2) is 7.03. The number of hydrogen-bond donors (Lipinski definition) is 0. The third kappa shape index (κ3) is 3.16. The molecule has 0 fully saturated rings. The minimum atomic E-state index is 0.530. The van der Waals surface area contributed by atoms with E-state index in [1.807, 2.05) is 53.3 Å². The number of rotatable bonds is 2. The molecule has 2 heterocycles. The van der Waals surface area contributed by atoms with Crippen molar-refractivity contribution < 1.29 is 0 Å². The van der Waals surface area contributed by atoms with Gasteiger partial charge in [0.1, 0.15) is 5.69 Å². The molecule has 0 N–H and O–H groups in total. The molecular weight excluding hydrogens is 425 g/mol. The van der Waals surface area contributed by atoms with E-state index in [0.29, 0.717) is 15.1 Å². The van der Waals surface area contributed by atoms with Gasteiger partial charge in [-0.3, -0.25) is 4.98 Å². The van der Waals surface area contributed by atoms with Gasteiger partial charge in [0.2, 0.25) is 0 Å². The molecule has 0 spiro atoms. The van der Waals surface area contributed by atoms with Crippen LogP contribution in [0.25, 0.3) is 38.8 Å². The predicted molar refractivity (Wildman–Crippen MR) is 122 cm³/mol. The van der Waals surface area contributed by atoms with Gasteiger partial charge in [-0.15, -0.1) is 0 Å². The topological polar surface area (TPSA) is 30.7 Å². The van der Waals surface area contributed by atoms with Gasteiger partial charge in [-0.25, -0.2) is 4.68 Å². The average Bonchev–Trinajstić information content (AvgIpc) is 3.08. The lowest BCUT2D eigenvalue weighted by Gasteiger charge is -2.08. The van der Waals surface area contributed by atoms with E-state index in [9.17, 15) is 0 Å².